The first kappa shape index (κ1) is 13.8. The van der Waals surface area contributed by atoms with Crippen LogP contribution in [-0.2, 0) is 9.53 Å². The van der Waals surface area contributed by atoms with Crippen LogP contribution in [0.5, 0.6) is 0 Å². The van der Waals surface area contributed by atoms with E-state index in [0.717, 1.165) is 25.7 Å². The molecule has 0 aliphatic carbocycles. The lowest BCUT2D eigenvalue weighted by Gasteiger charge is -2.15. The highest BCUT2D eigenvalue weighted by Crippen LogP contribution is 2.11. The molecule has 1 saturated heterocycles. The van der Waals surface area contributed by atoms with Gasteiger partial charge in [-0.1, -0.05) is 12.8 Å². The number of carbonyl (C=O) groups excluding carboxylic acids is 2. The second kappa shape index (κ2) is 7.11. The third-order valence-corrected chi connectivity index (χ3v) is 2.94. The summed E-state index contributed by atoms with van der Waals surface area (Å²) in [6, 6.07) is -0.419. The summed E-state index contributed by atoms with van der Waals surface area (Å²) < 4.78 is 4.54. The number of hydrogen-bond acceptors (Lipinski definition) is 4. The molecule has 98 valence electrons. The summed E-state index contributed by atoms with van der Waals surface area (Å²) in [5.41, 5.74) is 0. The average molecular weight is 244 g/mol. The van der Waals surface area contributed by atoms with Crippen LogP contribution in [0.1, 0.15) is 32.1 Å². The Morgan fingerprint density at radius 3 is 2.65 bits per heavy atom. The Morgan fingerprint density at radius 2 is 2.00 bits per heavy atom. The standard InChI is InChI=1S/C11H20N2O4/c1-17-10(15)6-4-2-3-5-8-9(7-14)13-11(16)12-8/h8-9,14H,2-7H2,1H3,(H2,12,13,16)/t8-,9+/m1/s1. The zero-order valence-electron chi connectivity index (χ0n) is 10.1. The number of urea groups is 1. The van der Waals surface area contributed by atoms with Gasteiger partial charge in [-0.25, -0.2) is 4.79 Å². The molecule has 3 N–H and O–H groups in total. The summed E-state index contributed by atoms with van der Waals surface area (Å²) in [5.74, 6) is -0.186. The van der Waals surface area contributed by atoms with Crippen LogP contribution in [0.25, 0.3) is 0 Å². The smallest absolute Gasteiger partial charge is 0.315 e. The van der Waals surface area contributed by atoms with Crippen LogP contribution in [0.15, 0.2) is 0 Å². The van der Waals surface area contributed by atoms with Crippen molar-refractivity contribution in [1.82, 2.24) is 10.6 Å². The van der Waals surface area contributed by atoms with E-state index < -0.39 is 0 Å². The fourth-order valence-electron chi connectivity index (χ4n) is 1.94. The third kappa shape index (κ3) is 4.60. The van der Waals surface area contributed by atoms with Gasteiger partial charge in [-0.3, -0.25) is 4.79 Å². The first-order chi connectivity index (χ1) is 8.17. The number of unbranched alkanes of at least 4 members (excludes halogenated alkanes) is 2. The molecule has 1 heterocycles. The first-order valence-electron chi connectivity index (χ1n) is 5.92. The summed E-state index contributed by atoms with van der Waals surface area (Å²) >= 11 is 0. The highest BCUT2D eigenvalue weighted by Gasteiger charge is 2.29. The second-order valence-electron chi connectivity index (χ2n) is 4.19. The molecule has 6 nitrogen and oxygen atoms in total. The number of hydrogen-bond donors (Lipinski definition) is 3. The van der Waals surface area contributed by atoms with Gasteiger partial charge in [-0.2, -0.15) is 0 Å². The summed E-state index contributed by atoms with van der Waals surface area (Å²) in [4.78, 5) is 21.9. The number of methoxy groups -OCH3 is 1. The maximum Gasteiger partial charge on any atom is 0.315 e. The van der Waals surface area contributed by atoms with Gasteiger partial charge in [-0.15, -0.1) is 0 Å². The Bertz CT molecular complexity index is 270. The van der Waals surface area contributed by atoms with Crippen LogP contribution >= 0.6 is 0 Å². The van der Waals surface area contributed by atoms with Gasteiger partial charge in [0.05, 0.1) is 25.8 Å². The van der Waals surface area contributed by atoms with Crippen molar-refractivity contribution < 1.29 is 19.4 Å². The molecule has 6 heteroatoms. The van der Waals surface area contributed by atoms with Crippen molar-refractivity contribution >= 4 is 12.0 Å². The third-order valence-electron chi connectivity index (χ3n) is 2.94. The molecule has 1 aliphatic heterocycles. The normalized spacial score (nSPS) is 23.1. The quantitative estimate of drug-likeness (QED) is 0.439. The van der Waals surface area contributed by atoms with Gasteiger partial charge < -0.3 is 20.5 Å². The highest BCUT2D eigenvalue weighted by molar-refractivity contribution is 5.77. The molecule has 1 fully saturated rings. The Labute approximate surface area is 101 Å². The van der Waals surface area contributed by atoms with Crippen LogP contribution in [0, 0.1) is 0 Å². The lowest BCUT2D eigenvalue weighted by atomic mass is 10.0. The van der Waals surface area contributed by atoms with E-state index in [0.29, 0.717) is 6.42 Å². The number of carbonyl (C=O) groups is 2. The molecule has 0 bridgehead atoms. The van der Waals surface area contributed by atoms with Crippen molar-refractivity contribution in [2.75, 3.05) is 13.7 Å². The van der Waals surface area contributed by atoms with Crippen LogP contribution in [0.2, 0.25) is 0 Å². The van der Waals surface area contributed by atoms with Crippen molar-refractivity contribution in [3.8, 4) is 0 Å². The van der Waals surface area contributed by atoms with Crippen LogP contribution in [0.3, 0.4) is 0 Å². The number of ether oxygens (including phenoxy) is 1. The molecule has 1 rings (SSSR count). The molecular weight excluding hydrogens is 224 g/mol. The lowest BCUT2D eigenvalue weighted by Crippen LogP contribution is -2.36. The van der Waals surface area contributed by atoms with E-state index in [1.807, 2.05) is 0 Å². The molecule has 0 radical (unpaired) electrons. The van der Waals surface area contributed by atoms with E-state index in [-0.39, 0.29) is 30.7 Å². The van der Waals surface area contributed by atoms with Gasteiger partial charge >= 0.3 is 12.0 Å². The molecule has 0 aromatic carbocycles. The van der Waals surface area contributed by atoms with Gasteiger partial charge in [-0.05, 0) is 12.8 Å². The molecule has 2 amide bonds. The SMILES string of the molecule is COC(=O)CCCCC[C@H]1NC(=O)N[C@H]1CO. The zero-order chi connectivity index (χ0) is 12.7. The first-order valence-corrected chi connectivity index (χ1v) is 5.92. The lowest BCUT2D eigenvalue weighted by molar-refractivity contribution is -0.140. The highest BCUT2D eigenvalue weighted by atomic mass is 16.5. The maximum absolute atomic E-state index is 11.0. The number of amides is 2. The monoisotopic (exact) mass is 244 g/mol. The molecule has 0 saturated carbocycles. The van der Waals surface area contributed by atoms with Gasteiger partial charge in [0, 0.05) is 6.42 Å². The minimum Gasteiger partial charge on any atom is -0.469 e. The van der Waals surface area contributed by atoms with Crippen LogP contribution in [0.4, 0.5) is 4.79 Å². The van der Waals surface area contributed by atoms with Crippen molar-refractivity contribution in [3.63, 3.8) is 0 Å². The van der Waals surface area contributed by atoms with E-state index >= 15 is 0 Å². The van der Waals surface area contributed by atoms with Crippen molar-refractivity contribution in [3.05, 3.63) is 0 Å². The molecule has 2 atom stereocenters. The van der Waals surface area contributed by atoms with Crippen molar-refractivity contribution in [2.45, 2.75) is 44.2 Å². The van der Waals surface area contributed by atoms with E-state index in [2.05, 4.69) is 15.4 Å². The topological polar surface area (TPSA) is 87.7 Å². The van der Waals surface area contributed by atoms with Crippen molar-refractivity contribution in [2.24, 2.45) is 0 Å². The maximum atomic E-state index is 11.0. The second-order valence-corrected chi connectivity index (χ2v) is 4.19. The largest absolute Gasteiger partial charge is 0.469 e. The minimum atomic E-state index is -0.219. The molecule has 1 aliphatic rings. The zero-order valence-corrected chi connectivity index (χ0v) is 10.1. The molecule has 17 heavy (non-hydrogen) atoms. The van der Waals surface area contributed by atoms with Crippen LogP contribution < -0.4 is 10.6 Å². The molecule has 0 aromatic heterocycles. The number of aliphatic hydroxyl groups is 1. The Morgan fingerprint density at radius 1 is 1.29 bits per heavy atom. The Hall–Kier alpha value is -1.30. The average Bonchev–Trinajstić information content (AvgIpc) is 2.69. The number of nitrogens with one attached hydrogen (secondary N) is 2. The summed E-state index contributed by atoms with van der Waals surface area (Å²) in [5, 5.41) is 14.5. The minimum absolute atomic E-state index is 0.00868. The summed E-state index contributed by atoms with van der Waals surface area (Å²) in [6.07, 6.45) is 3.88. The van der Waals surface area contributed by atoms with E-state index in [1.54, 1.807) is 0 Å². The fourth-order valence-corrected chi connectivity index (χ4v) is 1.94. The predicted molar refractivity (Wildman–Crippen MR) is 61.4 cm³/mol. The summed E-state index contributed by atoms with van der Waals surface area (Å²) in [7, 11) is 1.38. The van der Waals surface area contributed by atoms with Gasteiger partial charge in [0.2, 0.25) is 0 Å². The Balaban J connectivity index is 2.10. The van der Waals surface area contributed by atoms with E-state index in [4.69, 9.17) is 5.11 Å². The molecule has 0 aromatic rings. The van der Waals surface area contributed by atoms with Gasteiger partial charge in [0.1, 0.15) is 0 Å². The molecule has 0 spiro atoms. The van der Waals surface area contributed by atoms with Gasteiger partial charge in [0.25, 0.3) is 0 Å². The number of rotatable bonds is 7. The fraction of sp³-hybridized carbons (Fsp3) is 0.818. The summed E-state index contributed by atoms with van der Waals surface area (Å²) in [6.45, 7) is -0.0500. The van der Waals surface area contributed by atoms with E-state index in [9.17, 15) is 9.59 Å². The molecule has 0 unspecified atom stereocenters. The van der Waals surface area contributed by atoms with Crippen molar-refractivity contribution in [1.29, 1.82) is 0 Å². The Kier molecular flexibility index (Phi) is 5.76. The number of aliphatic hydroxyl groups excluding tert-OH is 1. The van der Waals surface area contributed by atoms with Gasteiger partial charge in [0.15, 0.2) is 0 Å². The van der Waals surface area contributed by atoms with E-state index in [1.165, 1.54) is 7.11 Å². The van der Waals surface area contributed by atoms with Crippen LogP contribution in [-0.4, -0.2) is 42.9 Å². The number of esters is 1. The molecular formula is C11H20N2O4. The predicted octanol–water partition coefficient (Wildman–Crippen LogP) is 0.152.